The minimum Gasteiger partial charge on any atom is -0.463 e. The predicted octanol–water partition coefficient (Wildman–Crippen LogP) is 4.25. The lowest BCUT2D eigenvalue weighted by Crippen LogP contribution is -2.15. The third-order valence-corrected chi connectivity index (χ3v) is 3.79. The number of esters is 1. The van der Waals surface area contributed by atoms with Crippen molar-refractivity contribution in [3.05, 3.63) is 59.7 Å². The molecular formula is C18H22O2. The van der Waals surface area contributed by atoms with Crippen LogP contribution in [0.4, 0.5) is 0 Å². The Labute approximate surface area is 121 Å². The topological polar surface area (TPSA) is 26.3 Å². The quantitative estimate of drug-likeness (QED) is 0.464. The fraction of sp³-hybridized carbons (Fsp3) is 0.389. The molecule has 0 aliphatic heterocycles. The van der Waals surface area contributed by atoms with Crippen LogP contribution >= 0.6 is 0 Å². The molecule has 2 rings (SSSR count). The second kappa shape index (κ2) is 7.09. The van der Waals surface area contributed by atoms with Crippen LogP contribution in [0.1, 0.15) is 38.2 Å². The third-order valence-electron chi connectivity index (χ3n) is 3.79. The van der Waals surface area contributed by atoms with E-state index in [1.54, 1.807) is 6.08 Å². The van der Waals surface area contributed by atoms with Crippen molar-refractivity contribution >= 4 is 5.97 Å². The zero-order valence-corrected chi connectivity index (χ0v) is 12.2. The Kier molecular flexibility index (Phi) is 5.16. The molecule has 1 aliphatic rings. The average molecular weight is 270 g/mol. The van der Waals surface area contributed by atoms with Crippen LogP contribution in [0.2, 0.25) is 0 Å². The number of hydrogen-bond donors (Lipinski definition) is 0. The lowest BCUT2D eigenvalue weighted by Gasteiger charge is -2.29. The summed E-state index contributed by atoms with van der Waals surface area (Å²) in [5, 5.41) is 0. The molecule has 2 unspecified atom stereocenters. The summed E-state index contributed by atoms with van der Waals surface area (Å²) in [4.78, 5) is 11.5. The summed E-state index contributed by atoms with van der Waals surface area (Å²) >= 11 is 0. The van der Waals surface area contributed by atoms with Gasteiger partial charge < -0.3 is 4.74 Å². The van der Waals surface area contributed by atoms with E-state index in [0.29, 0.717) is 18.4 Å². The van der Waals surface area contributed by atoms with Gasteiger partial charge in [0.25, 0.3) is 0 Å². The first-order valence-electron chi connectivity index (χ1n) is 7.26. The predicted molar refractivity (Wildman–Crippen MR) is 81.4 cm³/mol. The molecule has 0 aromatic heterocycles. The Bertz CT molecular complexity index is 499. The van der Waals surface area contributed by atoms with E-state index in [1.165, 1.54) is 11.1 Å². The molecule has 2 heteroatoms. The van der Waals surface area contributed by atoms with Gasteiger partial charge in [0.1, 0.15) is 0 Å². The molecule has 1 aromatic rings. The van der Waals surface area contributed by atoms with Crippen LogP contribution in [-0.4, -0.2) is 12.6 Å². The Morgan fingerprint density at radius 1 is 1.35 bits per heavy atom. The second-order valence-electron chi connectivity index (χ2n) is 5.28. The highest BCUT2D eigenvalue weighted by atomic mass is 16.5. The van der Waals surface area contributed by atoms with Crippen molar-refractivity contribution in [2.45, 2.75) is 32.6 Å². The number of ether oxygens (including phenoxy) is 1. The highest BCUT2D eigenvalue weighted by Crippen LogP contribution is 2.38. The molecule has 0 amide bonds. The molecule has 2 atom stereocenters. The largest absolute Gasteiger partial charge is 0.463 e. The van der Waals surface area contributed by atoms with Gasteiger partial charge in [-0.25, -0.2) is 4.79 Å². The summed E-state index contributed by atoms with van der Waals surface area (Å²) in [5.41, 5.74) is 2.78. The summed E-state index contributed by atoms with van der Waals surface area (Å²) in [6, 6.07) is 10.5. The van der Waals surface area contributed by atoms with E-state index in [2.05, 4.69) is 37.3 Å². The van der Waals surface area contributed by atoms with Crippen LogP contribution in [0.25, 0.3) is 0 Å². The highest BCUT2D eigenvalue weighted by Gasteiger charge is 2.24. The van der Waals surface area contributed by atoms with E-state index in [4.69, 9.17) is 4.74 Å². The summed E-state index contributed by atoms with van der Waals surface area (Å²) in [6.07, 6.45) is 7.92. The molecule has 20 heavy (non-hydrogen) atoms. The van der Waals surface area contributed by atoms with Gasteiger partial charge in [-0.15, -0.1) is 0 Å². The SMILES string of the molecule is CCOC(=O)/C=C/C1CC=C(C)CC1c1ccccc1. The molecule has 0 radical (unpaired) electrons. The first-order chi connectivity index (χ1) is 9.70. The van der Waals surface area contributed by atoms with Crippen LogP contribution < -0.4 is 0 Å². The van der Waals surface area contributed by atoms with Crippen molar-refractivity contribution in [1.82, 2.24) is 0 Å². The molecule has 0 spiro atoms. The van der Waals surface area contributed by atoms with Crippen molar-refractivity contribution < 1.29 is 9.53 Å². The van der Waals surface area contributed by atoms with Crippen LogP contribution in [0.15, 0.2) is 54.1 Å². The van der Waals surface area contributed by atoms with E-state index < -0.39 is 0 Å². The summed E-state index contributed by atoms with van der Waals surface area (Å²) in [7, 11) is 0. The molecular weight excluding hydrogens is 248 g/mol. The van der Waals surface area contributed by atoms with Gasteiger partial charge in [0, 0.05) is 6.08 Å². The molecule has 0 bridgehead atoms. The molecule has 0 saturated heterocycles. The maximum Gasteiger partial charge on any atom is 0.330 e. The van der Waals surface area contributed by atoms with Crippen molar-refractivity contribution in [2.75, 3.05) is 6.61 Å². The first-order valence-corrected chi connectivity index (χ1v) is 7.26. The Morgan fingerprint density at radius 2 is 2.10 bits per heavy atom. The Balaban J connectivity index is 2.15. The number of carbonyl (C=O) groups is 1. The third kappa shape index (κ3) is 3.83. The summed E-state index contributed by atoms with van der Waals surface area (Å²) < 4.78 is 4.95. The molecule has 0 fully saturated rings. The number of rotatable bonds is 4. The summed E-state index contributed by atoms with van der Waals surface area (Å²) in [6.45, 7) is 4.43. The zero-order chi connectivity index (χ0) is 14.4. The van der Waals surface area contributed by atoms with Gasteiger partial charge in [0.05, 0.1) is 6.61 Å². The van der Waals surface area contributed by atoms with Gasteiger partial charge >= 0.3 is 5.97 Å². The van der Waals surface area contributed by atoms with E-state index in [0.717, 1.165) is 12.8 Å². The standard InChI is InChI=1S/C18H22O2/c1-3-20-18(19)12-11-16-10-9-14(2)13-17(16)15-7-5-4-6-8-15/h4-9,11-12,16-17H,3,10,13H2,1-2H3/b12-11+. The maximum atomic E-state index is 11.5. The van der Waals surface area contributed by atoms with E-state index in [1.807, 2.05) is 19.1 Å². The number of carbonyl (C=O) groups excluding carboxylic acids is 1. The van der Waals surface area contributed by atoms with Gasteiger partial charge in [-0.3, -0.25) is 0 Å². The molecule has 0 heterocycles. The fourth-order valence-electron chi connectivity index (χ4n) is 2.75. The van der Waals surface area contributed by atoms with Crippen molar-refractivity contribution in [3.63, 3.8) is 0 Å². The molecule has 1 aliphatic carbocycles. The molecule has 0 saturated carbocycles. The zero-order valence-electron chi connectivity index (χ0n) is 12.2. The van der Waals surface area contributed by atoms with E-state index >= 15 is 0 Å². The monoisotopic (exact) mass is 270 g/mol. The van der Waals surface area contributed by atoms with E-state index in [-0.39, 0.29) is 5.97 Å². The molecule has 106 valence electrons. The lowest BCUT2D eigenvalue weighted by atomic mass is 9.76. The van der Waals surface area contributed by atoms with Crippen molar-refractivity contribution in [3.8, 4) is 0 Å². The maximum absolute atomic E-state index is 11.5. The molecule has 2 nitrogen and oxygen atoms in total. The molecule has 1 aromatic carbocycles. The highest BCUT2D eigenvalue weighted by molar-refractivity contribution is 5.81. The van der Waals surface area contributed by atoms with Gasteiger partial charge in [-0.05, 0) is 44.1 Å². The first kappa shape index (κ1) is 14.6. The molecule has 0 N–H and O–H groups in total. The number of benzene rings is 1. The van der Waals surface area contributed by atoms with Crippen molar-refractivity contribution in [2.24, 2.45) is 5.92 Å². The minimum absolute atomic E-state index is 0.245. The van der Waals surface area contributed by atoms with Crippen LogP contribution in [0.5, 0.6) is 0 Å². The lowest BCUT2D eigenvalue weighted by molar-refractivity contribution is -0.137. The Morgan fingerprint density at radius 3 is 2.80 bits per heavy atom. The van der Waals surface area contributed by atoms with Gasteiger partial charge in [0.15, 0.2) is 0 Å². The van der Waals surface area contributed by atoms with Crippen LogP contribution in [-0.2, 0) is 9.53 Å². The average Bonchev–Trinajstić information content (AvgIpc) is 2.47. The van der Waals surface area contributed by atoms with E-state index in [9.17, 15) is 4.79 Å². The fourth-order valence-corrected chi connectivity index (χ4v) is 2.75. The van der Waals surface area contributed by atoms with Crippen molar-refractivity contribution in [1.29, 1.82) is 0 Å². The Hall–Kier alpha value is -1.83. The smallest absolute Gasteiger partial charge is 0.330 e. The minimum atomic E-state index is -0.245. The number of hydrogen-bond acceptors (Lipinski definition) is 2. The van der Waals surface area contributed by atoms with Crippen LogP contribution in [0, 0.1) is 5.92 Å². The van der Waals surface area contributed by atoms with Gasteiger partial charge in [-0.1, -0.05) is 48.1 Å². The normalized spacial score (nSPS) is 22.6. The van der Waals surface area contributed by atoms with Crippen LogP contribution in [0.3, 0.4) is 0 Å². The van der Waals surface area contributed by atoms with Gasteiger partial charge in [0.2, 0.25) is 0 Å². The number of allylic oxidation sites excluding steroid dienone is 3. The van der Waals surface area contributed by atoms with Gasteiger partial charge in [-0.2, -0.15) is 0 Å². The summed E-state index contributed by atoms with van der Waals surface area (Å²) in [5.74, 6) is 0.572. The second-order valence-corrected chi connectivity index (χ2v) is 5.28.